The number of benzene rings is 7. The fourth-order valence-corrected chi connectivity index (χ4v) is 8.46. The van der Waals surface area contributed by atoms with Crippen LogP contribution in [0.1, 0.15) is 32.3 Å². The number of anilines is 3. The van der Waals surface area contributed by atoms with Crippen LogP contribution in [0.3, 0.4) is 0 Å². The Hall–Kier alpha value is -6.70. The summed E-state index contributed by atoms with van der Waals surface area (Å²) in [4.78, 5) is 2.39. The third-order valence-corrected chi connectivity index (χ3v) is 12.3. The van der Waals surface area contributed by atoms with Gasteiger partial charge in [-0.1, -0.05) is 202 Å². The third kappa shape index (κ3) is 7.26. The van der Waals surface area contributed by atoms with Crippen LogP contribution in [0, 0.1) is 10.8 Å². The van der Waals surface area contributed by atoms with Crippen LogP contribution in [0.15, 0.2) is 225 Å². The lowest BCUT2D eigenvalue weighted by Crippen LogP contribution is -2.35. The van der Waals surface area contributed by atoms with Gasteiger partial charge in [0, 0.05) is 17.1 Å². The summed E-state index contributed by atoms with van der Waals surface area (Å²) in [6.45, 7) is 4.81. The molecule has 0 fully saturated rings. The van der Waals surface area contributed by atoms with Gasteiger partial charge in [-0.3, -0.25) is 0 Å². The summed E-state index contributed by atoms with van der Waals surface area (Å²) in [5.74, 6) is 0. The summed E-state index contributed by atoms with van der Waals surface area (Å²) < 4.78 is 0. The molecule has 0 N–H and O–H groups in total. The highest BCUT2D eigenvalue weighted by Gasteiger charge is 2.41. The van der Waals surface area contributed by atoms with Crippen LogP contribution in [-0.2, 0) is 0 Å². The van der Waals surface area contributed by atoms with E-state index in [0.717, 1.165) is 29.9 Å². The first-order valence-corrected chi connectivity index (χ1v) is 20.1. The topological polar surface area (TPSA) is 3.24 Å². The summed E-state index contributed by atoms with van der Waals surface area (Å²) >= 11 is 0. The van der Waals surface area contributed by atoms with Gasteiger partial charge in [0.25, 0.3) is 0 Å². The molecule has 0 spiro atoms. The van der Waals surface area contributed by atoms with E-state index >= 15 is 0 Å². The van der Waals surface area contributed by atoms with E-state index in [1.54, 1.807) is 0 Å². The van der Waals surface area contributed by atoms with E-state index in [0.29, 0.717) is 0 Å². The molecule has 7 aromatic carbocycles. The molecule has 0 aromatic heterocycles. The molecule has 1 nitrogen and oxygen atoms in total. The fourth-order valence-electron chi connectivity index (χ4n) is 8.46. The summed E-state index contributed by atoms with van der Waals surface area (Å²) in [5.41, 5.74) is 15.7. The fraction of sp³-hybridized carbons (Fsp3) is 0.107. The Morgan fingerprint density at radius 3 is 1.28 bits per heavy atom. The Morgan fingerprint density at radius 1 is 0.386 bits per heavy atom. The Morgan fingerprint density at radius 2 is 0.825 bits per heavy atom. The molecule has 0 saturated carbocycles. The van der Waals surface area contributed by atoms with Crippen LogP contribution in [0.2, 0.25) is 0 Å². The summed E-state index contributed by atoms with van der Waals surface area (Å²) in [7, 11) is 0. The lowest BCUT2D eigenvalue weighted by atomic mass is 9.59. The van der Waals surface area contributed by atoms with E-state index in [1.165, 1.54) is 55.6 Å². The number of hydrogen-bond donors (Lipinski definition) is 0. The van der Waals surface area contributed by atoms with Gasteiger partial charge in [0.15, 0.2) is 0 Å². The molecule has 2 aliphatic carbocycles. The summed E-state index contributed by atoms with van der Waals surface area (Å²) in [6.07, 6.45) is 18.4. The first-order valence-electron chi connectivity index (χ1n) is 20.1. The van der Waals surface area contributed by atoms with Crippen LogP contribution in [0.25, 0.3) is 50.1 Å². The maximum atomic E-state index is 2.46. The van der Waals surface area contributed by atoms with Crippen molar-refractivity contribution in [2.24, 2.45) is 10.8 Å². The summed E-state index contributed by atoms with van der Waals surface area (Å²) in [5, 5.41) is 0. The van der Waals surface area contributed by atoms with E-state index < -0.39 is 0 Å². The zero-order valence-electron chi connectivity index (χ0n) is 32.7. The van der Waals surface area contributed by atoms with Gasteiger partial charge in [0.1, 0.15) is 0 Å². The van der Waals surface area contributed by atoms with Crippen LogP contribution >= 0.6 is 0 Å². The van der Waals surface area contributed by atoms with Crippen LogP contribution in [0.4, 0.5) is 17.1 Å². The van der Waals surface area contributed by atoms with Gasteiger partial charge >= 0.3 is 0 Å². The molecule has 276 valence electrons. The molecule has 9 rings (SSSR count). The zero-order valence-corrected chi connectivity index (χ0v) is 32.7. The largest absolute Gasteiger partial charge is 0.310 e. The number of allylic oxidation sites excluding steroid dienone is 8. The van der Waals surface area contributed by atoms with Crippen molar-refractivity contribution in [1.29, 1.82) is 0 Å². The van der Waals surface area contributed by atoms with Crippen molar-refractivity contribution in [2.75, 3.05) is 4.90 Å². The highest BCUT2D eigenvalue weighted by molar-refractivity contribution is 5.90. The average Bonchev–Trinajstić information content (AvgIpc) is 3.28. The molecule has 0 aliphatic heterocycles. The monoisotopic (exact) mass is 733 g/mol. The maximum absolute atomic E-state index is 2.46. The van der Waals surface area contributed by atoms with E-state index in [2.05, 4.69) is 243 Å². The standard InChI is InChI=1S/C56H47N/c1-55(37-13-6-14-38-55)56(2)39-35-49(36-40-56)53-34-33-52(41-54(53)48-19-11-5-12-20-48)57(50-29-25-46(26-30-50)43-17-9-4-10-18-43)51-31-27-47(28-32-51)45-23-21-44(22-24-45)42-15-7-3-8-16-42/h3-37,39,41H,38,40H2,1-2H3. The van der Waals surface area contributed by atoms with Crippen molar-refractivity contribution in [3.05, 3.63) is 230 Å². The second-order valence-corrected chi connectivity index (χ2v) is 15.9. The van der Waals surface area contributed by atoms with Gasteiger partial charge in [-0.05, 0) is 116 Å². The van der Waals surface area contributed by atoms with Gasteiger partial charge in [-0.15, -0.1) is 0 Å². The van der Waals surface area contributed by atoms with E-state index in [9.17, 15) is 0 Å². The summed E-state index contributed by atoms with van der Waals surface area (Å²) in [6, 6.07) is 65.9. The number of rotatable bonds is 9. The molecule has 0 heterocycles. The first kappa shape index (κ1) is 36.0. The molecule has 0 bridgehead atoms. The smallest absolute Gasteiger partial charge is 0.0468 e. The van der Waals surface area contributed by atoms with Crippen molar-refractivity contribution in [1.82, 2.24) is 0 Å². The van der Waals surface area contributed by atoms with Crippen molar-refractivity contribution < 1.29 is 0 Å². The van der Waals surface area contributed by atoms with Gasteiger partial charge in [0.05, 0.1) is 0 Å². The minimum atomic E-state index is 0.0451. The predicted molar refractivity (Wildman–Crippen MR) is 244 cm³/mol. The zero-order chi connectivity index (χ0) is 38.7. The lowest BCUT2D eigenvalue weighted by Gasteiger charge is -2.44. The van der Waals surface area contributed by atoms with Crippen molar-refractivity contribution >= 4 is 22.6 Å². The predicted octanol–water partition coefficient (Wildman–Crippen LogP) is 15.7. The Balaban J connectivity index is 1.10. The molecule has 2 atom stereocenters. The second kappa shape index (κ2) is 15.4. The van der Waals surface area contributed by atoms with Crippen molar-refractivity contribution in [3.8, 4) is 44.5 Å². The molecule has 0 saturated heterocycles. The number of nitrogens with zero attached hydrogens (tertiary/aromatic N) is 1. The maximum Gasteiger partial charge on any atom is 0.0468 e. The molecule has 0 radical (unpaired) electrons. The van der Waals surface area contributed by atoms with Gasteiger partial charge in [-0.2, -0.15) is 0 Å². The first-order chi connectivity index (χ1) is 28.0. The van der Waals surface area contributed by atoms with Gasteiger partial charge < -0.3 is 4.90 Å². The highest BCUT2D eigenvalue weighted by atomic mass is 15.1. The molecule has 1 heteroatoms. The Bertz CT molecular complexity index is 2590. The average molecular weight is 734 g/mol. The van der Waals surface area contributed by atoms with Crippen LogP contribution in [-0.4, -0.2) is 0 Å². The molecule has 57 heavy (non-hydrogen) atoms. The van der Waals surface area contributed by atoms with E-state index in [-0.39, 0.29) is 10.8 Å². The molecule has 7 aromatic rings. The minimum Gasteiger partial charge on any atom is -0.310 e. The lowest BCUT2D eigenvalue weighted by molar-refractivity contribution is 0.184. The minimum absolute atomic E-state index is 0.0451. The van der Waals surface area contributed by atoms with Gasteiger partial charge in [0.2, 0.25) is 0 Å². The van der Waals surface area contributed by atoms with Gasteiger partial charge in [-0.25, -0.2) is 0 Å². The van der Waals surface area contributed by atoms with Crippen molar-refractivity contribution in [2.45, 2.75) is 26.7 Å². The molecular formula is C56H47N. The Kier molecular flexibility index (Phi) is 9.74. The second-order valence-electron chi connectivity index (χ2n) is 15.9. The SMILES string of the molecule is CC1(C2(C)C=CC(c3ccc(N(c4ccc(-c5ccccc5)cc4)c4ccc(-c5ccc(-c6ccccc6)cc5)cc4)cc3-c3ccccc3)=CC2)C=CC=CC1. The van der Waals surface area contributed by atoms with Crippen molar-refractivity contribution in [3.63, 3.8) is 0 Å². The van der Waals surface area contributed by atoms with Crippen LogP contribution < -0.4 is 4.90 Å². The molecule has 0 amide bonds. The third-order valence-electron chi connectivity index (χ3n) is 12.3. The molecule has 2 aliphatic rings. The van der Waals surface area contributed by atoms with Crippen LogP contribution in [0.5, 0.6) is 0 Å². The highest BCUT2D eigenvalue weighted by Crippen LogP contribution is 2.51. The molecule has 2 unspecified atom stereocenters. The van der Waals surface area contributed by atoms with E-state index in [4.69, 9.17) is 0 Å². The Labute approximate surface area is 338 Å². The number of hydrogen-bond acceptors (Lipinski definition) is 1. The normalized spacial score (nSPS) is 18.6. The quantitative estimate of drug-likeness (QED) is 0.143. The van der Waals surface area contributed by atoms with E-state index in [1.807, 2.05) is 0 Å². The molecular weight excluding hydrogens is 687 g/mol.